The fourth-order valence-corrected chi connectivity index (χ4v) is 1.46. The Bertz CT molecular complexity index is 256. The summed E-state index contributed by atoms with van der Waals surface area (Å²) in [6.45, 7) is 4.25. The highest BCUT2D eigenvalue weighted by molar-refractivity contribution is 5.28. The van der Waals surface area contributed by atoms with E-state index in [1.807, 2.05) is 6.07 Å². The Morgan fingerprint density at radius 1 is 1.50 bits per heavy atom. The average molecular weight is 196 g/mol. The first kappa shape index (κ1) is 11.0. The van der Waals surface area contributed by atoms with Gasteiger partial charge in [-0.2, -0.15) is 5.10 Å². The van der Waals surface area contributed by atoms with E-state index in [4.69, 9.17) is 5.73 Å². The number of hydrogen-bond acceptors (Lipinski definition) is 3. The van der Waals surface area contributed by atoms with Crippen LogP contribution >= 0.6 is 0 Å². The Morgan fingerprint density at radius 2 is 2.29 bits per heavy atom. The number of hydrogen-bond donors (Lipinski definition) is 2. The van der Waals surface area contributed by atoms with Crippen LogP contribution in [-0.2, 0) is 6.54 Å². The molecule has 0 saturated heterocycles. The van der Waals surface area contributed by atoms with Gasteiger partial charge in [-0.05, 0) is 20.0 Å². The maximum atomic E-state index is 5.52. The molecule has 0 amide bonds. The minimum Gasteiger partial charge on any atom is -0.382 e. The van der Waals surface area contributed by atoms with Crippen molar-refractivity contribution in [1.29, 1.82) is 0 Å². The molecule has 0 atom stereocenters. The summed E-state index contributed by atoms with van der Waals surface area (Å²) in [7, 11) is 2.12. The van der Waals surface area contributed by atoms with E-state index in [9.17, 15) is 0 Å². The Labute approximate surface area is 85.5 Å². The third kappa shape index (κ3) is 3.79. The molecular weight excluding hydrogens is 176 g/mol. The number of nitrogens with two attached hydrogens (primary N) is 1. The van der Waals surface area contributed by atoms with Gasteiger partial charge in [-0.1, -0.05) is 19.8 Å². The van der Waals surface area contributed by atoms with Crippen LogP contribution in [0.5, 0.6) is 0 Å². The molecule has 4 nitrogen and oxygen atoms in total. The van der Waals surface area contributed by atoms with Gasteiger partial charge in [0, 0.05) is 12.6 Å². The zero-order valence-electron chi connectivity index (χ0n) is 9.08. The fraction of sp³-hybridized carbons (Fsp3) is 0.700. The second-order valence-corrected chi connectivity index (χ2v) is 3.76. The van der Waals surface area contributed by atoms with Gasteiger partial charge in [0.1, 0.15) is 5.82 Å². The summed E-state index contributed by atoms with van der Waals surface area (Å²) in [6, 6.07) is 1.89. The summed E-state index contributed by atoms with van der Waals surface area (Å²) in [5.74, 6) is 0.571. The molecule has 0 saturated carbocycles. The molecule has 1 aromatic heterocycles. The Kier molecular flexibility index (Phi) is 4.46. The van der Waals surface area contributed by atoms with Crippen molar-refractivity contribution in [2.24, 2.45) is 0 Å². The van der Waals surface area contributed by atoms with Crippen LogP contribution in [0, 0.1) is 0 Å². The number of nitrogens with one attached hydrogen (secondary N) is 1. The van der Waals surface area contributed by atoms with Gasteiger partial charge >= 0.3 is 0 Å². The lowest BCUT2D eigenvalue weighted by Crippen LogP contribution is -2.19. The first-order valence-electron chi connectivity index (χ1n) is 5.20. The van der Waals surface area contributed by atoms with Gasteiger partial charge in [0.15, 0.2) is 0 Å². The number of anilines is 1. The Hall–Kier alpha value is -1.03. The van der Waals surface area contributed by atoms with Gasteiger partial charge in [0.05, 0.1) is 5.69 Å². The van der Waals surface area contributed by atoms with Gasteiger partial charge < -0.3 is 10.6 Å². The maximum Gasteiger partial charge on any atom is 0.145 e. The van der Waals surface area contributed by atoms with E-state index < -0.39 is 0 Å². The molecule has 14 heavy (non-hydrogen) atoms. The van der Waals surface area contributed by atoms with E-state index in [-0.39, 0.29) is 0 Å². The largest absolute Gasteiger partial charge is 0.382 e. The van der Waals surface area contributed by atoms with E-state index in [0.717, 1.165) is 18.8 Å². The second-order valence-electron chi connectivity index (χ2n) is 3.76. The van der Waals surface area contributed by atoms with Crippen molar-refractivity contribution < 1.29 is 0 Å². The average Bonchev–Trinajstić information content (AvgIpc) is 2.52. The summed E-state index contributed by atoms with van der Waals surface area (Å²) in [4.78, 5) is 2.28. The van der Waals surface area contributed by atoms with Crippen molar-refractivity contribution >= 4 is 5.82 Å². The molecule has 0 aliphatic rings. The number of aromatic nitrogens is 2. The molecular formula is C10H20N4. The smallest absolute Gasteiger partial charge is 0.145 e. The lowest BCUT2D eigenvalue weighted by Gasteiger charge is -2.14. The molecule has 0 aromatic carbocycles. The fourth-order valence-electron chi connectivity index (χ4n) is 1.46. The minimum atomic E-state index is 0.571. The van der Waals surface area contributed by atoms with Crippen LogP contribution in [0.1, 0.15) is 31.9 Å². The van der Waals surface area contributed by atoms with Crippen LogP contribution in [0.2, 0.25) is 0 Å². The lowest BCUT2D eigenvalue weighted by molar-refractivity contribution is 0.314. The van der Waals surface area contributed by atoms with Crippen molar-refractivity contribution in [3.63, 3.8) is 0 Å². The number of H-pyrrole nitrogens is 1. The van der Waals surface area contributed by atoms with E-state index >= 15 is 0 Å². The number of nitrogens with zero attached hydrogens (tertiary/aromatic N) is 2. The first-order chi connectivity index (χ1) is 6.72. The Morgan fingerprint density at radius 3 is 2.86 bits per heavy atom. The normalized spacial score (nSPS) is 11.1. The molecule has 3 N–H and O–H groups in total. The molecule has 0 unspecified atom stereocenters. The molecule has 0 spiro atoms. The predicted octanol–water partition coefficient (Wildman–Crippen LogP) is 1.61. The van der Waals surface area contributed by atoms with Crippen LogP contribution in [0.3, 0.4) is 0 Å². The predicted molar refractivity (Wildman–Crippen MR) is 58.9 cm³/mol. The van der Waals surface area contributed by atoms with E-state index in [0.29, 0.717) is 5.82 Å². The van der Waals surface area contributed by atoms with Crippen LogP contribution < -0.4 is 5.73 Å². The monoisotopic (exact) mass is 196 g/mol. The van der Waals surface area contributed by atoms with Crippen molar-refractivity contribution in [2.45, 2.75) is 32.7 Å². The number of unbranched alkanes of at least 4 members (excludes halogenated alkanes) is 2. The molecule has 1 rings (SSSR count). The quantitative estimate of drug-likeness (QED) is 0.680. The molecule has 4 heteroatoms. The number of rotatable bonds is 6. The van der Waals surface area contributed by atoms with Gasteiger partial charge in [-0.15, -0.1) is 0 Å². The van der Waals surface area contributed by atoms with Crippen molar-refractivity contribution in [1.82, 2.24) is 15.1 Å². The maximum absolute atomic E-state index is 5.52. The summed E-state index contributed by atoms with van der Waals surface area (Å²) in [5.41, 5.74) is 6.60. The van der Waals surface area contributed by atoms with Crippen LogP contribution in [0.15, 0.2) is 6.07 Å². The molecule has 80 valence electrons. The molecule has 0 fully saturated rings. The van der Waals surface area contributed by atoms with Crippen molar-refractivity contribution in [3.8, 4) is 0 Å². The SMILES string of the molecule is CCCCCN(C)Cc1cc(N)n[nH]1. The zero-order valence-corrected chi connectivity index (χ0v) is 9.08. The Balaban J connectivity index is 2.23. The minimum absolute atomic E-state index is 0.571. The van der Waals surface area contributed by atoms with Gasteiger partial charge in [0.2, 0.25) is 0 Å². The van der Waals surface area contributed by atoms with Gasteiger partial charge in [-0.3, -0.25) is 5.10 Å². The van der Waals surface area contributed by atoms with Crippen LogP contribution in [0.4, 0.5) is 5.82 Å². The lowest BCUT2D eigenvalue weighted by atomic mass is 10.2. The molecule has 0 bridgehead atoms. The highest BCUT2D eigenvalue weighted by Gasteiger charge is 2.02. The molecule has 0 aliphatic heterocycles. The van der Waals surface area contributed by atoms with Crippen molar-refractivity contribution in [2.75, 3.05) is 19.3 Å². The topological polar surface area (TPSA) is 57.9 Å². The highest BCUT2D eigenvalue weighted by atomic mass is 15.2. The van der Waals surface area contributed by atoms with Crippen LogP contribution in [-0.4, -0.2) is 28.7 Å². The van der Waals surface area contributed by atoms with E-state index in [1.165, 1.54) is 19.3 Å². The third-order valence-corrected chi connectivity index (χ3v) is 2.23. The molecule has 1 aromatic rings. The van der Waals surface area contributed by atoms with Crippen LogP contribution in [0.25, 0.3) is 0 Å². The van der Waals surface area contributed by atoms with Gasteiger partial charge in [-0.25, -0.2) is 0 Å². The van der Waals surface area contributed by atoms with E-state index in [2.05, 4.69) is 29.1 Å². The third-order valence-electron chi connectivity index (χ3n) is 2.23. The second kappa shape index (κ2) is 5.65. The van der Waals surface area contributed by atoms with Gasteiger partial charge in [0.25, 0.3) is 0 Å². The standard InChI is InChI=1S/C10H20N4/c1-3-4-5-6-14(2)8-9-7-10(11)13-12-9/h7H,3-6,8H2,1-2H3,(H3,11,12,13). The molecule has 0 radical (unpaired) electrons. The number of nitrogen functional groups attached to an aromatic ring is 1. The number of aromatic amines is 1. The summed E-state index contributed by atoms with van der Waals surface area (Å²) in [5, 5.41) is 6.80. The first-order valence-corrected chi connectivity index (χ1v) is 5.20. The highest BCUT2D eigenvalue weighted by Crippen LogP contribution is 2.04. The molecule has 0 aliphatic carbocycles. The summed E-state index contributed by atoms with van der Waals surface area (Å²) < 4.78 is 0. The van der Waals surface area contributed by atoms with E-state index in [1.54, 1.807) is 0 Å². The zero-order chi connectivity index (χ0) is 10.4. The summed E-state index contributed by atoms with van der Waals surface area (Å²) in [6.07, 6.45) is 3.83. The van der Waals surface area contributed by atoms with Crippen molar-refractivity contribution in [3.05, 3.63) is 11.8 Å². The molecule has 1 heterocycles. The summed E-state index contributed by atoms with van der Waals surface area (Å²) >= 11 is 0.